The third-order valence-corrected chi connectivity index (χ3v) is 2.84. The number of halogens is 1. The van der Waals surface area contributed by atoms with E-state index in [1.807, 2.05) is 30.5 Å². The fraction of sp³-hybridized carbons (Fsp3) is 0.100. The van der Waals surface area contributed by atoms with Crippen LogP contribution in [0.4, 0.5) is 0 Å². The van der Waals surface area contributed by atoms with Crippen LogP contribution in [0.2, 0.25) is 5.02 Å². The predicted octanol–water partition coefficient (Wildman–Crippen LogP) is 3.57. The maximum absolute atomic E-state index is 5.86. The van der Waals surface area contributed by atoms with E-state index in [1.54, 1.807) is 11.3 Å². The van der Waals surface area contributed by atoms with Gasteiger partial charge in [0.1, 0.15) is 5.01 Å². The van der Waals surface area contributed by atoms with E-state index in [1.165, 1.54) is 0 Å². The van der Waals surface area contributed by atoms with Crippen molar-refractivity contribution in [3.05, 3.63) is 40.4 Å². The fourth-order valence-electron chi connectivity index (χ4n) is 1.04. The van der Waals surface area contributed by atoms with Crippen molar-refractivity contribution in [2.45, 2.75) is 6.92 Å². The Morgan fingerprint density at radius 1 is 1.54 bits per heavy atom. The van der Waals surface area contributed by atoms with Gasteiger partial charge < -0.3 is 0 Å². The van der Waals surface area contributed by atoms with Crippen molar-refractivity contribution in [3.8, 4) is 10.6 Å². The molecule has 2 aromatic rings. The van der Waals surface area contributed by atoms with Gasteiger partial charge in [0.2, 0.25) is 0 Å². The van der Waals surface area contributed by atoms with E-state index in [0.29, 0.717) is 0 Å². The zero-order valence-electron chi connectivity index (χ0n) is 7.04. The van der Waals surface area contributed by atoms with Crippen LogP contribution < -0.4 is 0 Å². The largest absolute Gasteiger partial charge is 0.241 e. The molecule has 1 radical (unpaired) electrons. The van der Waals surface area contributed by atoms with Crippen LogP contribution in [0, 0.1) is 13.0 Å². The standard InChI is InChI=1S/C10H7ClNS/c1-7-6-13-10(12-7)8-3-2-4-9(11)5-8/h2,4-6H,1H3. The van der Waals surface area contributed by atoms with E-state index in [0.717, 1.165) is 21.3 Å². The highest BCUT2D eigenvalue weighted by Gasteiger charge is 2.02. The lowest BCUT2D eigenvalue weighted by atomic mass is 10.2. The Morgan fingerprint density at radius 2 is 2.38 bits per heavy atom. The minimum Gasteiger partial charge on any atom is -0.241 e. The zero-order valence-corrected chi connectivity index (χ0v) is 8.62. The van der Waals surface area contributed by atoms with Crippen LogP contribution in [0.1, 0.15) is 5.69 Å². The SMILES string of the molecule is Cc1csc(-c2[c]ccc(Cl)c2)n1. The van der Waals surface area contributed by atoms with Gasteiger partial charge in [-0.1, -0.05) is 17.7 Å². The molecule has 0 amide bonds. The molecule has 13 heavy (non-hydrogen) atoms. The maximum atomic E-state index is 5.86. The maximum Gasteiger partial charge on any atom is 0.124 e. The topological polar surface area (TPSA) is 12.9 Å². The highest BCUT2D eigenvalue weighted by molar-refractivity contribution is 7.13. The second-order valence-corrected chi connectivity index (χ2v) is 4.01. The Balaban J connectivity index is 2.46. The molecular formula is C10H7ClNS. The van der Waals surface area contributed by atoms with Crippen molar-refractivity contribution >= 4 is 22.9 Å². The Kier molecular flexibility index (Phi) is 2.34. The summed E-state index contributed by atoms with van der Waals surface area (Å²) in [5.41, 5.74) is 2.00. The third kappa shape index (κ3) is 1.90. The molecule has 3 heteroatoms. The third-order valence-electron chi connectivity index (χ3n) is 1.61. The van der Waals surface area contributed by atoms with Crippen molar-refractivity contribution in [1.82, 2.24) is 4.98 Å². The van der Waals surface area contributed by atoms with Crippen molar-refractivity contribution in [2.75, 3.05) is 0 Å². The molecule has 0 bridgehead atoms. The van der Waals surface area contributed by atoms with Gasteiger partial charge in [-0.2, -0.15) is 0 Å². The summed E-state index contributed by atoms with van der Waals surface area (Å²) in [7, 11) is 0. The molecule has 0 saturated carbocycles. The Labute approximate surface area is 86.0 Å². The van der Waals surface area contributed by atoms with Crippen molar-refractivity contribution in [3.63, 3.8) is 0 Å². The summed E-state index contributed by atoms with van der Waals surface area (Å²) < 4.78 is 0. The molecule has 0 aliphatic heterocycles. The average molecular weight is 209 g/mol. The van der Waals surface area contributed by atoms with Gasteiger partial charge in [-0.05, 0) is 25.1 Å². The number of nitrogens with zero attached hydrogens (tertiary/aromatic N) is 1. The molecule has 0 N–H and O–H groups in total. The first-order valence-corrected chi connectivity index (χ1v) is 5.11. The number of aryl methyl sites for hydroxylation is 1. The van der Waals surface area contributed by atoms with E-state index in [2.05, 4.69) is 11.1 Å². The Morgan fingerprint density at radius 3 is 3.00 bits per heavy atom. The number of aromatic nitrogens is 1. The van der Waals surface area contributed by atoms with E-state index < -0.39 is 0 Å². The van der Waals surface area contributed by atoms with Crippen molar-refractivity contribution < 1.29 is 0 Å². The van der Waals surface area contributed by atoms with E-state index in [4.69, 9.17) is 11.6 Å². The molecule has 0 fully saturated rings. The van der Waals surface area contributed by atoms with E-state index in [9.17, 15) is 0 Å². The number of hydrogen-bond acceptors (Lipinski definition) is 2. The molecule has 0 aliphatic rings. The Hall–Kier alpha value is -0.860. The summed E-state index contributed by atoms with van der Waals surface area (Å²) >= 11 is 7.47. The average Bonchev–Trinajstić information content (AvgIpc) is 2.52. The molecule has 1 heterocycles. The molecule has 65 valence electrons. The highest BCUT2D eigenvalue weighted by atomic mass is 35.5. The van der Waals surface area contributed by atoms with Gasteiger partial charge in [0.05, 0.1) is 0 Å². The van der Waals surface area contributed by atoms with Crippen LogP contribution in [0.15, 0.2) is 23.6 Å². The number of hydrogen-bond donors (Lipinski definition) is 0. The summed E-state index contributed by atoms with van der Waals surface area (Å²) in [4.78, 5) is 4.35. The monoisotopic (exact) mass is 208 g/mol. The van der Waals surface area contributed by atoms with Crippen LogP contribution in [0.3, 0.4) is 0 Å². The van der Waals surface area contributed by atoms with Crippen LogP contribution >= 0.6 is 22.9 Å². The molecular weight excluding hydrogens is 202 g/mol. The second-order valence-electron chi connectivity index (χ2n) is 2.71. The zero-order chi connectivity index (χ0) is 9.26. The number of thiazole rings is 1. The minimum atomic E-state index is 0.724. The second kappa shape index (κ2) is 3.48. The lowest BCUT2D eigenvalue weighted by Gasteiger charge is -1.94. The van der Waals surface area contributed by atoms with Crippen LogP contribution in [-0.2, 0) is 0 Å². The van der Waals surface area contributed by atoms with E-state index >= 15 is 0 Å². The molecule has 1 aromatic heterocycles. The number of benzene rings is 1. The van der Waals surface area contributed by atoms with Gasteiger partial charge in [0, 0.05) is 21.7 Å². The Bertz CT molecular complexity index is 422. The van der Waals surface area contributed by atoms with Gasteiger partial charge in [-0.15, -0.1) is 11.3 Å². The molecule has 0 atom stereocenters. The lowest BCUT2D eigenvalue weighted by molar-refractivity contribution is 1.27. The van der Waals surface area contributed by atoms with E-state index in [-0.39, 0.29) is 0 Å². The highest BCUT2D eigenvalue weighted by Crippen LogP contribution is 2.24. The molecule has 2 rings (SSSR count). The van der Waals surface area contributed by atoms with Crippen LogP contribution in [0.25, 0.3) is 10.6 Å². The van der Waals surface area contributed by atoms with Crippen molar-refractivity contribution in [2.24, 2.45) is 0 Å². The normalized spacial score (nSPS) is 10.3. The van der Waals surface area contributed by atoms with Gasteiger partial charge in [0.15, 0.2) is 0 Å². The quantitative estimate of drug-likeness (QED) is 0.698. The molecule has 1 nitrogen and oxygen atoms in total. The summed E-state index contributed by atoms with van der Waals surface area (Å²) in [6.07, 6.45) is 0. The molecule has 0 spiro atoms. The first-order valence-electron chi connectivity index (χ1n) is 3.85. The smallest absolute Gasteiger partial charge is 0.124 e. The summed E-state index contributed by atoms with van der Waals surface area (Å²) in [6.45, 7) is 1.98. The number of rotatable bonds is 1. The van der Waals surface area contributed by atoms with Gasteiger partial charge in [-0.25, -0.2) is 4.98 Å². The first-order chi connectivity index (χ1) is 6.25. The van der Waals surface area contributed by atoms with Crippen LogP contribution in [0.5, 0.6) is 0 Å². The summed E-state index contributed by atoms with van der Waals surface area (Å²) in [6, 6.07) is 8.60. The molecule has 0 saturated heterocycles. The van der Waals surface area contributed by atoms with Gasteiger partial charge in [0.25, 0.3) is 0 Å². The van der Waals surface area contributed by atoms with Gasteiger partial charge >= 0.3 is 0 Å². The molecule has 0 aliphatic carbocycles. The predicted molar refractivity (Wildman–Crippen MR) is 56.1 cm³/mol. The first kappa shape index (κ1) is 8.73. The van der Waals surface area contributed by atoms with Crippen LogP contribution in [-0.4, -0.2) is 4.98 Å². The lowest BCUT2D eigenvalue weighted by Crippen LogP contribution is -1.76. The fourth-order valence-corrected chi connectivity index (χ4v) is 1.99. The molecule has 0 unspecified atom stereocenters. The minimum absolute atomic E-state index is 0.724. The van der Waals surface area contributed by atoms with Crippen molar-refractivity contribution in [1.29, 1.82) is 0 Å². The van der Waals surface area contributed by atoms with Gasteiger partial charge in [-0.3, -0.25) is 0 Å². The summed E-state index contributed by atoms with van der Waals surface area (Å²) in [5.74, 6) is 0. The molecule has 1 aromatic carbocycles. The summed E-state index contributed by atoms with van der Waals surface area (Å²) in [5, 5.41) is 3.71.